The van der Waals surface area contributed by atoms with E-state index in [1.165, 1.54) is 6.07 Å². The molecule has 3 aromatic rings. The highest BCUT2D eigenvalue weighted by Gasteiger charge is 2.15. The smallest absolute Gasteiger partial charge is 0.339 e. The standard InChI is InChI=1S/C20H20BrN5O4/c1-13(4-3-9-30-17-10-14(21)7-8-15(17)20(28)29)26-11-23-25-19(26)16-5-2-6-18(24-16)22-12-27/h2,5-8,10-13H,3-4,9H2,1H3,(H,28,29)(H,22,24,27). The lowest BCUT2D eigenvalue weighted by Gasteiger charge is -2.16. The van der Waals surface area contributed by atoms with Crippen LogP contribution in [0.25, 0.3) is 11.5 Å². The molecule has 0 spiro atoms. The zero-order valence-electron chi connectivity index (χ0n) is 16.2. The molecule has 3 rings (SSSR count). The van der Waals surface area contributed by atoms with Gasteiger partial charge in [0.25, 0.3) is 0 Å². The van der Waals surface area contributed by atoms with Gasteiger partial charge in [0.15, 0.2) is 5.82 Å². The topological polar surface area (TPSA) is 119 Å². The zero-order chi connectivity index (χ0) is 21.5. The van der Waals surface area contributed by atoms with Gasteiger partial charge in [0.05, 0.1) is 6.61 Å². The van der Waals surface area contributed by atoms with E-state index in [1.807, 2.05) is 11.5 Å². The average Bonchev–Trinajstić information content (AvgIpc) is 3.21. The number of halogens is 1. The molecular formula is C20H20BrN5O4. The number of aromatic nitrogens is 4. The molecule has 30 heavy (non-hydrogen) atoms. The van der Waals surface area contributed by atoms with Crippen LogP contribution in [-0.2, 0) is 4.79 Å². The lowest BCUT2D eigenvalue weighted by molar-refractivity contribution is -0.105. The number of amides is 1. The van der Waals surface area contributed by atoms with Crippen molar-refractivity contribution in [3.8, 4) is 17.3 Å². The molecule has 2 heterocycles. The summed E-state index contributed by atoms with van der Waals surface area (Å²) in [7, 11) is 0. The SMILES string of the molecule is CC(CCCOc1cc(Br)ccc1C(=O)O)n1cnnc1-c1cccc(NC=O)n1. The molecule has 10 heteroatoms. The van der Waals surface area contributed by atoms with Crippen molar-refractivity contribution in [1.29, 1.82) is 0 Å². The fraction of sp³-hybridized carbons (Fsp3) is 0.250. The van der Waals surface area contributed by atoms with Gasteiger partial charge in [-0.25, -0.2) is 9.78 Å². The highest BCUT2D eigenvalue weighted by molar-refractivity contribution is 9.10. The number of rotatable bonds is 10. The van der Waals surface area contributed by atoms with Crippen LogP contribution in [0.2, 0.25) is 0 Å². The normalized spacial score (nSPS) is 11.7. The highest BCUT2D eigenvalue weighted by atomic mass is 79.9. The van der Waals surface area contributed by atoms with Gasteiger partial charge in [-0.15, -0.1) is 10.2 Å². The van der Waals surface area contributed by atoms with Gasteiger partial charge in [0.1, 0.15) is 29.2 Å². The van der Waals surface area contributed by atoms with Gasteiger partial charge in [-0.1, -0.05) is 22.0 Å². The third kappa shape index (κ3) is 5.20. The Morgan fingerprint density at radius 2 is 2.20 bits per heavy atom. The maximum absolute atomic E-state index is 11.3. The van der Waals surface area contributed by atoms with Crippen LogP contribution in [0.3, 0.4) is 0 Å². The first-order valence-electron chi connectivity index (χ1n) is 9.22. The number of pyridine rings is 1. The van der Waals surface area contributed by atoms with E-state index in [1.54, 1.807) is 36.7 Å². The average molecular weight is 474 g/mol. The largest absolute Gasteiger partial charge is 0.493 e. The first kappa shape index (κ1) is 21.4. The fourth-order valence-electron chi connectivity index (χ4n) is 2.94. The van der Waals surface area contributed by atoms with Gasteiger partial charge in [-0.05, 0) is 50.1 Å². The molecule has 1 aromatic carbocycles. The van der Waals surface area contributed by atoms with Crippen molar-refractivity contribution in [2.45, 2.75) is 25.8 Å². The number of carbonyl (C=O) groups is 2. The molecule has 0 saturated carbocycles. The number of ether oxygens (including phenoxy) is 1. The van der Waals surface area contributed by atoms with E-state index < -0.39 is 5.97 Å². The van der Waals surface area contributed by atoms with Gasteiger partial charge in [0, 0.05) is 10.5 Å². The Balaban J connectivity index is 1.62. The lowest BCUT2D eigenvalue weighted by atomic mass is 10.1. The molecule has 2 N–H and O–H groups in total. The molecule has 1 amide bonds. The Morgan fingerprint density at radius 1 is 1.37 bits per heavy atom. The number of carboxylic acids is 1. The lowest BCUT2D eigenvalue weighted by Crippen LogP contribution is -2.10. The highest BCUT2D eigenvalue weighted by Crippen LogP contribution is 2.25. The maximum atomic E-state index is 11.3. The molecule has 9 nitrogen and oxygen atoms in total. The maximum Gasteiger partial charge on any atom is 0.339 e. The summed E-state index contributed by atoms with van der Waals surface area (Å²) in [4.78, 5) is 26.3. The monoisotopic (exact) mass is 473 g/mol. The molecule has 0 aliphatic heterocycles. The summed E-state index contributed by atoms with van der Waals surface area (Å²) in [6.45, 7) is 2.40. The van der Waals surface area contributed by atoms with Crippen molar-refractivity contribution in [3.63, 3.8) is 0 Å². The van der Waals surface area contributed by atoms with Gasteiger partial charge in [-0.2, -0.15) is 0 Å². The first-order chi connectivity index (χ1) is 14.5. The van der Waals surface area contributed by atoms with Crippen molar-refractivity contribution in [2.24, 2.45) is 0 Å². The third-order valence-corrected chi connectivity index (χ3v) is 4.92. The van der Waals surface area contributed by atoms with E-state index in [9.17, 15) is 14.7 Å². The van der Waals surface area contributed by atoms with Crippen LogP contribution in [0, 0.1) is 0 Å². The van der Waals surface area contributed by atoms with Gasteiger partial charge in [-0.3, -0.25) is 4.79 Å². The second kappa shape index (κ2) is 9.97. The molecule has 1 atom stereocenters. The molecular weight excluding hydrogens is 454 g/mol. The summed E-state index contributed by atoms with van der Waals surface area (Å²) >= 11 is 3.33. The molecule has 0 aliphatic carbocycles. The Bertz CT molecular complexity index is 1040. The van der Waals surface area contributed by atoms with Crippen LogP contribution < -0.4 is 10.1 Å². The van der Waals surface area contributed by atoms with Crippen molar-refractivity contribution < 1.29 is 19.4 Å². The number of carbonyl (C=O) groups excluding carboxylic acids is 1. The Hall–Kier alpha value is -3.27. The van der Waals surface area contributed by atoms with Gasteiger partial charge >= 0.3 is 5.97 Å². The van der Waals surface area contributed by atoms with Crippen LogP contribution in [0.4, 0.5) is 5.82 Å². The van der Waals surface area contributed by atoms with E-state index in [4.69, 9.17) is 4.74 Å². The molecule has 0 aliphatic rings. The zero-order valence-corrected chi connectivity index (χ0v) is 17.7. The quantitative estimate of drug-likeness (QED) is 0.339. The van der Waals surface area contributed by atoms with Crippen LogP contribution in [0.1, 0.15) is 36.2 Å². The third-order valence-electron chi connectivity index (χ3n) is 4.43. The van der Waals surface area contributed by atoms with Crippen molar-refractivity contribution in [3.05, 3.63) is 52.8 Å². The molecule has 0 bridgehead atoms. The van der Waals surface area contributed by atoms with E-state index in [-0.39, 0.29) is 11.6 Å². The molecule has 156 valence electrons. The molecule has 0 fully saturated rings. The van der Waals surface area contributed by atoms with Crippen LogP contribution in [0.15, 0.2) is 47.2 Å². The number of hydrogen-bond acceptors (Lipinski definition) is 6. The first-order valence-corrected chi connectivity index (χ1v) is 10.0. The number of anilines is 1. The minimum Gasteiger partial charge on any atom is -0.493 e. The van der Waals surface area contributed by atoms with Crippen LogP contribution >= 0.6 is 15.9 Å². The number of carboxylic acid groups (broad SMARTS) is 1. The molecule has 2 aromatic heterocycles. The Labute approximate surface area is 181 Å². The van der Waals surface area contributed by atoms with E-state index >= 15 is 0 Å². The Morgan fingerprint density at radius 3 is 2.97 bits per heavy atom. The predicted molar refractivity (Wildman–Crippen MR) is 113 cm³/mol. The van der Waals surface area contributed by atoms with Crippen molar-refractivity contribution in [2.75, 3.05) is 11.9 Å². The summed E-state index contributed by atoms with van der Waals surface area (Å²) in [6.07, 6.45) is 3.66. The molecule has 0 saturated heterocycles. The fourth-order valence-corrected chi connectivity index (χ4v) is 3.28. The summed E-state index contributed by atoms with van der Waals surface area (Å²) in [5.74, 6) is 0.330. The van der Waals surface area contributed by atoms with Crippen LogP contribution in [-0.4, -0.2) is 43.8 Å². The number of nitrogens with one attached hydrogen (secondary N) is 1. The summed E-state index contributed by atoms with van der Waals surface area (Å²) < 4.78 is 8.36. The minimum absolute atomic E-state index is 0.0598. The summed E-state index contributed by atoms with van der Waals surface area (Å²) in [5.41, 5.74) is 0.727. The predicted octanol–water partition coefficient (Wildman–Crippen LogP) is 3.79. The summed E-state index contributed by atoms with van der Waals surface area (Å²) in [5, 5.41) is 19.9. The van der Waals surface area contributed by atoms with E-state index in [0.29, 0.717) is 42.5 Å². The second-order valence-corrected chi connectivity index (χ2v) is 7.43. The van der Waals surface area contributed by atoms with Gasteiger partial charge < -0.3 is 19.7 Å². The van der Waals surface area contributed by atoms with Gasteiger partial charge in [0.2, 0.25) is 6.41 Å². The summed E-state index contributed by atoms with van der Waals surface area (Å²) in [6, 6.07) is 10.2. The Kier molecular flexibility index (Phi) is 7.12. The number of hydrogen-bond donors (Lipinski definition) is 2. The molecule has 1 unspecified atom stereocenters. The number of aromatic carboxylic acids is 1. The van der Waals surface area contributed by atoms with Crippen molar-refractivity contribution in [1.82, 2.24) is 19.7 Å². The van der Waals surface area contributed by atoms with E-state index in [0.717, 1.165) is 10.9 Å². The second-order valence-electron chi connectivity index (χ2n) is 6.52. The number of benzene rings is 1. The molecule has 0 radical (unpaired) electrons. The van der Waals surface area contributed by atoms with E-state index in [2.05, 4.69) is 36.4 Å². The number of nitrogens with zero attached hydrogens (tertiary/aromatic N) is 4. The van der Waals surface area contributed by atoms with Crippen molar-refractivity contribution >= 4 is 34.1 Å². The van der Waals surface area contributed by atoms with Crippen LogP contribution in [0.5, 0.6) is 5.75 Å². The minimum atomic E-state index is -1.03.